The van der Waals surface area contributed by atoms with E-state index in [9.17, 15) is 22.6 Å². The van der Waals surface area contributed by atoms with Crippen LogP contribution in [-0.4, -0.2) is 56.0 Å². The zero-order chi connectivity index (χ0) is 27.2. The van der Waals surface area contributed by atoms with Crippen molar-refractivity contribution < 1.29 is 41.5 Å². The van der Waals surface area contributed by atoms with E-state index in [0.29, 0.717) is 13.2 Å². The van der Waals surface area contributed by atoms with E-state index in [-0.39, 0.29) is 0 Å². The minimum Gasteiger partial charge on any atom is -0.436 e. The summed E-state index contributed by atoms with van der Waals surface area (Å²) in [5, 5.41) is -2.09. The lowest BCUT2D eigenvalue weighted by molar-refractivity contribution is -0.181. The number of carbonyl (C=O) groups excluding carboxylic acids is 2. The predicted molar refractivity (Wildman–Crippen MR) is 139 cm³/mol. The van der Waals surface area contributed by atoms with Crippen LogP contribution < -0.4 is 0 Å². The quantitative estimate of drug-likeness (QED) is 0.0687. The highest BCUT2D eigenvalue weighted by atomic mass is 32.2. The molecule has 0 spiro atoms. The summed E-state index contributed by atoms with van der Waals surface area (Å²) in [6, 6.07) is 0. The Morgan fingerprint density at radius 1 is 0.667 bits per heavy atom. The SMILES string of the molecule is CCCCCCCCCOC(C)OC(=O)CC(C(=O)OC(C)OCCCCCCCCC)S(=O)(=O)O. The van der Waals surface area contributed by atoms with Crippen molar-refractivity contribution in [3.63, 3.8) is 0 Å². The Labute approximate surface area is 218 Å². The lowest BCUT2D eigenvalue weighted by Gasteiger charge is -2.19. The fourth-order valence-corrected chi connectivity index (χ4v) is 4.26. The van der Waals surface area contributed by atoms with Gasteiger partial charge in [-0.2, -0.15) is 8.42 Å². The third-order valence-corrected chi connectivity index (χ3v) is 6.83. The molecule has 0 aliphatic rings. The maximum atomic E-state index is 12.3. The van der Waals surface area contributed by atoms with Gasteiger partial charge in [0.25, 0.3) is 10.1 Å². The van der Waals surface area contributed by atoms with Gasteiger partial charge in [-0.1, -0.05) is 90.9 Å². The summed E-state index contributed by atoms with van der Waals surface area (Å²) in [7, 11) is -4.89. The van der Waals surface area contributed by atoms with Gasteiger partial charge >= 0.3 is 11.9 Å². The molecule has 0 rings (SSSR count). The Kier molecular flexibility index (Phi) is 21.1. The molecule has 0 saturated heterocycles. The van der Waals surface area contributed by atoms with Crippen LogP contribution in [0.2, 0.25) is 0 Å². The summed E-state index contributed by atoms with van der Waals surface area (Å²) in [5.41, 5.74) is 0. The maximum Gasteiger partial charge on any atom is 0.329 e. The van der Waals surface area contributed by atoms with E-state index in [4.69, 9.17) is 18.9 Å². The van der Waals surface area contributed by atoms with E-state index < -0.39 is 46.3 Å². The molecule has 3 unspecified atom stereocenters. The van der Waals surface area contributed by atoms with Crippen LogP contribution in [-0.2, 0) is 38.7 Å². The zero-order valence-electron chi connectivity index (χ0n) is 22.9. The number of hydrogen-bond donors (Lipinski definition) is 1. The van der Waals surface area contributed by atoms with E-state index in [1.165, 1.54) is 65.2 Å². The van der Waals surface area contributed by atoms with Crippen LogP contribution in [0, 0.1) is 0 Å². The lowest BCUT2D eigenvalue weighted by Crippen LogP contribution is -2.37. The average molecular weight is 539 g/mol. The second-order valence-electron chi connectivity index (χ2n) is 9.25. The highest BCUT2D eigenvalue weighted by Crippen LogP contribution is 2.13. The van der Waals surface area contributed by atoms with Gasteiger partial charge in [0, 0.05) is 0 Å². The molecule has 0 aromatic rings. The molecule has 10 heteroatoms. The van der Waals surface area contributed by atoms with E-state index in [0.717, 1.165) is 38.5 Å². The van der Waals surface area contributed by atoms with Crippen molar-refractivity contribution in [1.29, 1.82) is 0 Å². The number of unbranched alkanes of at least 4 members (excludes halogenated alkanes) is 12. The van der Waals surface area contributed by atoms with Crippen molar-refractivity contribution in [2.75, 3.05) is 13.2 Å². The summed E-state index contributed by atoms with van der Waals surface area (Å²) >= 11 is 0. The van der Waals surface area contributed by atoms with Crippen molar-refractivity contribution in [2.24, 2.45) is 0 Å². The molecule has 0 radical (unpaired) electrons. The summed E-state index contributed by atoms with van der Waals surface area (Å²) in [6.45, 7) is 8.07. The molecule has 214 valence electrons. The summed E-state index contributed by atoms with van der Waals surface area (Å²) in [4.78, 5) is 24.5. The van der Waals surface area contributed by atoms with Gasteiger partial charge in [-0.3, -0.25) is 14.1 Å². The summed E-state index contributed by atoms with van der Waals surface area (Å²) in [6.07, 6.45) is 12.7. The number of carbonyl (C=O) groups is 2. The van der Waals surface area contributed by atoms with E-state index in [1.54, 1.807) is 0 Å². The number of hydrogen-bond acceptors (Lipinski definition) is 8. The van der Waals surface area contributed by atoms with Crippen molar-refractivity contribution in [3.8, 4) is 0 Å². The maximum absolute atomic E-state index is 12.3. The fraction of sp³-hybridized carbons (Fsp3) is 0.923. The molecular formula is C26H50O9S. The Balaban J connectivity index is 4.28. The third kappa shape index (κ3) is 19.9. The topological polar surface area (TPSA) is 125 Å². The molecule has 0 aromatic heterocycles. The minimum absolute atomic E-state index is 0.356. The Hall–Kier alpha value is -1.23. The van der Waals surface area contributed by atoms with Gasteiger partial charge < -0.3 is 18.9 Å². The van der Waals surface area contributed by atoms with Crippen LogP contribution in [0.3, 0.4) is 0 Å². The first-order valence-electron chi connectivity index (χ1n) is 13.7. The van der Waals surface area contributed by atoms with Gasteiger partial charge in [-0.05, 0) is 26.7 Å². The molecule has 36 heavy (non-hydrogen) atoms. The first-order chi connectivity index (χ1) is 17.1. The number of rotatable bonds is 24. The Morgan fingerprint density at radius 2 is 1.06 bits per heavy atom. The minimum atomic E-state index is -4.89. The normalized spacial score (nSPS) is 14.2. The molecule has 0 aliphatic carbocycles. The molecule has 0 aromatic carbocycles. The lowest BCUT2D eigenvalue weighted by atomic mass is 10.1. The smallest absolute Gasteiger partial charge is 0.329 e. The van der Waals surface area contributed by atoms with E-state index in [1.807, 2.05) is 0 Å². The fourth-order valence-electron chi connectivity index (χ4n) is 3.62. The van der Waals surface area contributed by atoms with Crippen LogP contribution in [0.4, 0.5) is 0 Å². The van der Waals surface area contributed by atoms with Crippen molar-refractivity contribution >= 4 is 22.1 Å². The van der Waals surface area contributed by atoms with Crippen molar-refractivity contribution in [2.45, 2.75) is 142 Å². The van der Waals surface area contributed by atoms with Gasteiger partial charge in [0.2, 0.25) is 0 Å². The average Bonchev–Trinajstić information content (AvgIpc) is 2.80. The molecule has 0 bridgehead atoms. The summed E-state index contributed by atoms with van der Waals surface area (Å²) in [5.74, 6) is -2.25. The zero-order valence-corrected chi connectivity index (χ0v) is 23.7. The molecule has 0 amide bonds. The molecule has 0 heterocycles. The Bertz CT molecular complexity index is 666. The molecule has 9 nitrogen and oxygen atoms in total. The third-order valence-electron chi connectivity index (χ3n) is 5.75. The highest BCUT2D eigenvalue weighted by molar-refractivity contribution is 7.87. The van der Waals surface area contributed by atoms with Crippen LogP contribution in [0.1, 0.15) is 124 Å². The van der Waals surface area contributed by atoms with Crippen molar-refractivity contribution in [3.05, 3.63) is 0 Å². The first-order valence-corrected chi connectivity index (χ1v) is 15.2. The van der Waals surface area contributed by atoms with Crippen molar-refractivity contribution in [1.82, 2.24) is 0 Å². The number of esters is 2. The van der Waals surface area contributed by atoms with E-state index >= 15 is 0 Å². The monoisotopic (exact) mass is 538 g/mol. The molecule has 0 fully saturated rings. The standard InChI is InChI=1S/C26H50O9S/c1-5-7-9-11-13-15-17-19-32-22(3)34-25(27)21-24(36(29,30)31)26(28)35-23(4)33-20-18-16-14-12-10-8-6-2/h22-24H,5-21H2,1-4H3,(H,29,30,31). The largest absolute Gasteiger partial charge is 0.436 e. The highest BCUT2D eigenvalue weighted by Gasteiger charge is 2.37. The van der Waals surface area contributed by atoms with E-state index in [2.05, 4.69) is 13.8 Å². The van der Waals surface area contributed by atoms with Gasteiger partial charge in [0.15, 0.2) is 17.8 Å². The molecule has 3 atom stereocenters. The molecule has 0 aliphatic heterocycles. The second-order valence-corrected chi connectivity index (χ2v) is 10.9. The summed E-state index contributed by atoms with van der Waals surface area (Å²) < 4.78 is 53.7. The van der Waals surface area contributed by atoms with Gasteiger partial charge in [-0.15, -0.1) is 0 Å². The van der Waals surface area contributed by atoms with Gasteiger partial charge in [-0.25, -0.2) is 0 Å². The molecule has 0 saturated carbocycles. The first kappa shape index (κ1) is 34.8. The van der Waals surface area contributed by atoms with Crippen LogP contribution in [0.15, 0.2) is 0 Å². The predicted octanol–water partition coefficient (Wildman–Crippen LogP) is 5.95. The van der Waals surface area contributed by atoms with Crippen LogP contribution >= 0.6 is 0 Å². The van der Waals surface area contributed by atoms with Crippen LogP contribution in [0.5, 0.6) is 0 Å². The Morgan fingerprint density at radius 3 is 1.47 bits per heavy atom. The molecular weight excluding hydrogens is 488 g/mol. The second kappa shape index (κ2) is 21.8. The van der Waals surface area contributed by atoms with Crippen LogP contribution in [0.25, 0.3) is 0 Å². The van der Waals surface area contributed by atoms with Gasteiger partial charge in [0.05, 0.1) is 19.6 Å². The van der Waals surface area contributed by atoms with Gasteiger partial charge in [0.1, 0.15) is 0 Å². The molecule has 1 N–H and O–H groups in total. The number of ether oxygens (including phenoxy) is 4.